The van der Waals surface area contributed by atoms with Crippen molar-refractivity contribution in [2.45, 2.75) is 57.8 Å². The van der Waals surface area contributed by atoms with Crippen LogP contribution in [0.1, 0.15) is 49.4 Å². The second kappa shape index (κ2) is 8.73. The summed E-state index contributed by atoms with van der Waals surface area (Å²) in [7, 11) is 1.83. The van der Waals surface area contributed by atoms with Gasteiger partial charge in [0.15, 0.2) is 11.8 Å². The Morgan fingerprint density at radius 1 is 1.21 bits per heavy atom. The molecule has 7 nitrogen and oxygen atoms in total. The maximum atomic E-state index is 4.41. The van der Waals surface area contributed by atoms with E-state index in [4.69, 9.17) is 0 Å². The summed E-state index contributed by atoms with van der Waals surface area (Å²) in [6.45, 7) is 6.10. The fraction of sp³-hybridized carbons (Fsp3) is 0.571. The maximum absolute atomic E-state index is 4.41. The standard InChI is InChI=1S/C21H31N7/c1-16(17-8-4-3-5-9-17)27-13-11-18(15-27)24-21(22-2)23-14-20-26-25-19-10-6-7-12-28(19)20/h3-5,8-9,16,18H,6-7,10-15H2,1-2H3,(H2,22,23,24). The lowest BCUT2D eigenvalue weighted by Crippen LogP contribution is -2.44. The largest absolute Gasteiger partial charge is 0.352 e. The number of aryl methyl sites for hydroxylation is 1. The van der Waals surface area contributed by atoms with Crippen LogP contribution in [-0.4, -0.2) is 51.8 Å². The van der Waals surface area contributed by atoms with Gasteiger partial charge in [-0.2, -0.15) is 0 Å². The Kier molecular flexibility index (Phi) is 5.90. The minimum Gasteiger partial charge on any atom is -0.352 e. The summed E-state index contributed by atoms with van der Waals surface area (Å²) in [4.78, 5) is 6.95. The van der Waals surface area contributed by atoms with Crippen LogP contribution in [0.15, 0.2) is 35.3 Å². The topological polar surface area (TPSA) is 70.4 Å². The number of benzene rings is 1. The zero-order chi connectivity index (χ0) is 19.3. The van der Waals surface area contributed by atoms with Crippen LogP contribution in [0.5, 0.6) is 0 Å². The van der Waals surface area contributed by atoms with Crippen molar-refractivity contribution in [1.82, 2.24) is 30.3 Å². The van der Waals surface area contributed by atoms with Gasteiger partial charge in [0.25, 0.3) is 0 Å². The van der Waals surface area contributed by atoms with Gasteiger partial charge < -0.3 is 15.2 Å². The molecular formula is C21H31N7. The zero-order valence-corrected chi connectivity index (χ0v) is 16.9. The lowest BCUT2D eigenvalue weighted by Gasteiger charge is -2.25. The minimum atomic E-state index is 0.407. The Labute approximate surface area is 167 Å². The van der Waals surface area contributed by atoms with Gasteiger partial charge in [-0.15, -0.1) is 10.2 Å². The first-order valence-corrected chi connectivity index (χ1v) is 10.4. The number of rotatable bonds is 5. The van der Waals surface area contributed by atoms with E-state index in [2.05, 4.69) is 72.5 Å². The molecule has 2 N–H and O–H groups in total. The lowest BCUT2D eigenvalue weighted by atomic mass is 10.1. The highest BCUT2D eigenvalue weighted by Gasteiger charge is 2.27. The fourth-order valence-electron chi connectivity index (χ4n) is 4.25. The fourth-order valence-corrected chi connectivity index (χ4v) is 4.25. The average molecular weight is 382 g/mol. The Morgan fingerprint density at radius 3 is 2.89 bits per heavy atom. The predicted octanol–water partition coefficient (Wildman–Crippen LogP) is 2.11. The first kappa shape index (κ1) is 18.9. The molecule has 2 unspecified atom stereocenters. The van der Waals surface area contributed by atoms with Gasteiger partial charge >= 0.3 is 0 Å². The summed E-state index contributed by atoms with van der Waals surface area (Å²) in [6.07, 6.45) is 4.59. The predicted molar refractivity (Wildman–Crippen MR) is 111 cm³/mol. The van der Waals surface area contributed by atoms with Crippen molar-refractivity contribution in [3.63, 3.8) is 0 Å². The highest BCUT2D eigenvalue weighted by atomic mass is 15.3. The first-order valence-electron chi connectivity index (χ1n) is 10.4. The number of fused-ring (bicyclic) bond motifs is 1. The summed E-state index contributed by atoms with van der Waals surface area (Å²) in [5, 5.41) is 15.7. The van der Waals surface area contributed by atoms with E-state index in [0.29, 0.717) is 18.6 Å². The molecule has 2 aromatic rings. The van der Waals surface area contributed by atoms with Crippen molar-refractivity contribution < 1.29 is 0 Å². The second-order valence-corrected chi connectivity index (χ2v) is 7.78. The van der Waals surface area contributed by atoms with E-state index in [-0.39, 0.29) is 0 Å². The number of aliphatic imine (C=N–C) groups is 1. The van der Waals surface area contributed by atoms with Crippen LogP contribution in [-0.2, 0) is 19.5 Å². The summed E-state index contributed by atoms with van der Waals surface area (Å²) < 4.78 is 2.25. The summed E-state index contributed by atoms with van der Waals surface area (Å²) >= 11 is 0. The number of guanidine groups is 1. The molecule has 150 valence electrons. The van der Waals surface area contributed by atoms with Crippen LogP contribution < -0.4 is 10.6 Å². The van der Waals surface area contributed by atoms with E-state index >= 15 is 0 Å². The Morgan fingerprint density at radius 2 is 2.07 bits per heavy atom. The van der Waals surface area contributed by atoms with Crippen LogP contribution in [0.25, 0.3) is 0 Å². The molecule has 1 aromatic carbocycles. The van der Waals surface area contributed by atoms with Gasteiger partial charge in [0, 0.05) is 45.2 Å². The third-order valence-corrected chi connectivity index (χ3v) is 5.96. The van der Waals surface area contributed by atoms with E-state index in [9.17, 15) is 0 Å². The van der Waals surface area contributed by atoms with Gasteiger partial charge in [0.1, 0.15) is 5.82 Å². The number of nitrogens with one attached hydrogen (secondary N) is 2. The molecule has 4 rings (SSSR count). The number of aromatic nitrogens is 3. The van der Waals surface area contributed by atoms with Crippen molar-refractivity contribution in [3.05, 3.63) is 47.5 Å². The van der Waals surface area contributed by atoms with Gasteiger partial charge in [-0.1, -0.05) is 30.3 Å². The molecule has 28 heavy (non-hydrogen) atoms. The molecular weight excluding hydrogens is 350 g/mol. The van der Waals surface area contributed by atoms with Crippen molar-refractivity contribution in [3.8, 4) is 0 Å². The van der Waals surface area contributed by atoms with Gasteiger partial charge in [-0.05, 0) is 31.7 Å². The highest BCUT2D eigenvalue weighted by molar-refractivity contribution is 5.79. The first-order chi connectivity index (χ1) is 13.7. The van der Waals surface area contributed by atoms with Crippen LogP contribution in [0.3, 0.4) is 0 Å². The van der Waals surface area contributed by atoms with Gasteiger partial charge in [0.05, 0.1) is 6.54 Å². The molecule has 0 spiro atoms. The molecule has 2 atom stereocenters. The van der Waals surface area contributed by atoms with Crippen LogP contribution >= 0.6 is 0 Å². The van der Waals surface area contributed by atoms with E-state index in [1.165, 1.54) is 18.4 Å². The maximum Gasteiger partial charge on any atom is 0.191 e. The molecule has 2 aliphatic rings. The number of likely N-dealkylation sites (tertiary alicyclic amines) is 1. The third kappa shape index (κ3) is 4.19. The molecule has 0 saturated carbocycles. The van der Waals surface area contributed by atoms with E-state index in [0.717, 1.165) is 50.1 Å². The Bertz CT molecular complexity index is 798. The third-order valence-electron chi connectivity index (χ3n) is 5.96. The molecule has 3 heterocycles. The summed E-state index contributed by atoms with van der Waals surface area (Å²) in [6, 6.07) is 11.6. The van der Waals surface area contributed by atoms with Gasteiger partial charge in [-0.25, -0.2) is 0 Å². The molecule has 1 aromatic heterocycles. The average Bonchev–Trinajstić information content (AvgIpc) is 3.38. The van der Waals surface area contributed by atoms with Crippen molar-refractivity contribution in [1.29, 1.82) is 0 Å². The normalized spacial score (nSPS) is 21.4. The van der Waals surface area contributed by atoms with E-state index < -0.39 is 0 Å². The SMILES string of the molecule is CN=C(NCc1nnc2n1CCCC2)NC1CCN(C(C)c2ccccc2)C1. The molecule has 1 saturated heterocycles. The van der Waals surface area contributed by atoms with Gasteiger partial charge in [0.2, 0.25) is 0 Å². The molecule has 1 fully saturated rings. The van der Waals surface area contributed by atoms with Crippen LogP contribution in [0.4, 0.5) is 0 Å². The Balaban J connectivity index is 1.29. The molecule has 0 amide bonds. The number of hydrogen-bond donors (Lipinski definition) is 2. The lowest BCUT2D eigenvalue weighted by molar-refractivity contribution is 0.258. The summed E-state index contributed by atoms with van der Waals surface area (Å²) in [5.74, 6) is 2.96. The van der Waals surface area contributed by atoms with E-state index in [1.807, 2.05) is 7.05 Å². The molecule has 2 aliphatic heterocycles. The molecule has 0 bridgehead atoms. The quantitative estimate of drug-likeness (QED) is 0.613. The monoisotopic (exact) mass is 381 g/mol. The number of hydrogen-bond acceptors (Lipinski definition) is 4. The number of nitrogens with zero attached hydrogens (tertiary/aromatic N) is 5. The molecule has 0 aliphatic carbocycles. The smallest absolute Gasteiger partial charge is 0.191 e. The van der Waals surface area contributed by atoms with Crippen LogP contribution in [0.2, 0.25) is 0 Å². The second-order valence-electron chi connectivity index (χ2n) is 7.78. The Hall–Kier alpha value is -2.41. The van der Waals surface area contributed by atoms with Crippen molar-refractivity contribution in [2.75, 3.05) is 20.1 Å². The highest BCUT2D eigenvalue weighted by Crippen LogP contribution is 2.24. The van der Waals surface area contributed by atoms with Crippen molar-refractivity contribution >= 4 is 5.96 Å². The minimum absolute atomic E-state index is 0.407. The van der Waals surface area contributed by atoms with Gasteiger partial charge in [-0.3, -0.25) is 9.89 Å². The van der Waals surface area contributed by atoms with E-state index in [1.54, 1.807) is 0 Å². The molecule has 0 radical (unpaired) electrons. The van der Waals surface area contributed by atoms with Crippen LogP contribution in [0, 0.1) is 0 Å². The zero-order valence-electron chi connectivity index (χ0n) is 16.9. The molecule has 7 heteroatoms. The van der Waals surface area contributed by atoms with Crippen molar-refractivity contribution in [2.24, 2.45) is 4.99 Å². The summed E-state index contributed by atoms with van der Waals surface area (Å²) in [5.41, 5.74) is 1.38.